The van der Waals surface area contributed by atoms with Gasteiger partial charge in [0, 0.05) is 26.0 Å². The van der Waals surface area contributed by atoms with Crippen molar-refractivity contribution >= 4 is 38.5 Å². The quantitative estimate of drug-likeness (QED) is 0.675. The molecule has 1 heterocycles. The second kappa shape index (κ2) is 5.98. The molecule has 1 atom stereocenters. The molecule has 7 heteroatoms. The Labute approximate surface area is 135 Å². The Morgan fingerprint density at radius 1 is 1.20 bits per heavy atom. The third-order valence-electron chi connectivity index (χ3n) is 2.79. The second-order valence-electron chi connectivity index (χ2n) is 4.10. The van der Waals surface area contributed by atoms with Gasteiger partial charge in [0.05, 0.1) is 11.6 Å². The highest BCUT2D eigenvalue weighted by Gasteiger charge is 2.35. The zero-order chi connectivity index (χ0) is 14.9. The Bertz CT molecular complexity index is 631. The van der Waals surface area contributed by atoms with Crippen LogP contribution in [0, 0.1) is 3.57 Å². The molecule has 0 spiro atoms. The summed E-state index contributed by atoms with van der Waals surface area (Å²) in [6, 6.07) is 5.39. The van der Waals surface area contributed by atoms with Crippen LogP contribution in [0.25, 0.3) is 0 Å². The molecule has 0 aliphatic carbocycles. The molecule has 2 nitrogen and oxygen atoms in total. The van der Waals surface area contributed by atoms with Crippen LogP contribution in [0.1, 0.15) is 22.7 Å². The minimum Gasteiger partial charge on any atom is -0.320 e. The molecule has 1 aromatic carbocycles. The molecule has 2 N–H and O–H groups in total. The molecular formula is C13H9BrF3IN2. The number of alkyl halides is 3. The van der Waals surface area contributed by atoms with Gasteiger partial charge in [-0.3, -0.25) is 4.98 Å². The highest BCUT2D eigenvalue weighted by molar-refractivity contribution is 14.1. The van der Waals surface area contributed by atoms with Gasteiger partial charge in [0.1, 0.15) is 0 Å². The lowest BCUT2D eigenvalue weighted by atomic mass is 9.97. The van der Waals surface area contributed by atoms with Crippen LogP contribution in [-0.2, 0) is 6.18 Å². The predicted octanol–water partition coefficient (Wildman–Crippen LogP) is 4.52. The highest BCUT2D eigenvalue weighted by Crippen LogP contribution is 2.36. The lowest BCUT2D eigenvalue weighted by molar-refractivity contribution is -0.138. The van der Waals surface area contributed by atoms with Crippen molar-refractivity contribution in [3.63, 3.8) is 0 Å². The highest BCUT2D eigenvalue weighted by atomic mass is 127. The van der Waals surface area contributed by atoms with Crippen LogP contribution < -0.4 is 5.73 Å². The van der Waals surface area contributed by atoms with Crippen LogP contribution >= 0.6 is 38.5 Å². The van der Waals surface area contributed by atoms with Crippen molar-refractivity contribution < 1.29 is 13.2 Å². The molecule has 0 saturated heterocycles. The van der Waals surface area contributed by atoms with E-state index in [0.29, 0.717) is 5.56 Å². The van der Waals surface area contributed by atoms with Gasteiger partial charge in [0.15, 0.2) is 0 Å². The van der Waals surface area contributed by atoms with Gasteiger partial charge in [-0.25, -0.2) is 0 Å². The fraction of sp³-hybridized carbons (Fsp3) is 0.154. The summed E-state index contributed by atoms with van der Waals surface area (Å²) in [4.78, 5) is 3.76. The summed E-state index contributed by atoms with van der Waals surface area (Å²) in [7, 11) is 0. The van der Waals surface area contributed by atoms with E-state index in [-0.39, 0.29) is 5.56 Å². The van der Waals surface area contributed by atoms with Crippen LogP contribution in [0.4, 0.5) is 13.2 Å². The Hall–Kier alpha value is -0.670. The Balaban J connectivity index is 2.54. The molecule has 0 bridgehead atoms. The summed E-state index contributed by atoms with van der Waals surface area (Å²) in [5.74, 6) is 0. The van der Waals surface area contributed by atoms with Crippen molar-refractivity contribution in [3.05, 3.63) is 61.4 Å². The first-order chi connectivity index (χ1) is 9.30. The average Bonchev–Trinajstić information content (AvgIpc) is 2.40. The van der Waals surface area contributed by atoms with Crippen LogP contribution in [0.3, 0.4) is 0 Å². The summed E-state index contributed by atoms with van der Waals surface area (Å²) in [6.07, 6.45) is -2.16. The summed E-state index contributed by atoms with van der Waals surface area (Å²) in [6.45, 7) is 0. The van der Waals surface area contributed by atoms with Gasteiger partial charge in [-0.1, -0.05) is 15.9 Å². The third-order valence-corrected chi connectivity index (χ3v) is 4.26. The van der Waals surface area contributed by atoms with E-state index in [2.05, 4.69) is 20.9 Å². The number of benzene rings is 1. The molecule has 0 radical (unpaired) electrons. The van der Waals surface area contributed by atoms with E-state index in [1.165, 1.54) is 6.20 Å². The van der Waals surface area contributed by atoms with Gasteiger partial charge < -0.3 is 5.73 Å². The number of halogens is 5. The fourth-order valence-corrected chi connectivity index (χ4v) is 2.88. The first-order valence-corrected chi connectivity index (χ1v) is 7.39. The van der Waals surface area contributed by atoms with E-state index in [1.54, 1.807) is 12.1 Å². The zero-order valence-electron chi connectivity index (χ0n) is 9.96. The zero-order valence-corrected chi connectivity index (χ0v) is 13.7. The minimum absolute atomic E-state index is 0.0315. The van der Waals surface area contributed by atoms with Gasteiger partial charge in [-0.05, 0) is 52.4 Å². The van der Waals surface area contributed by atoms with Crippen LogP contribution in [0.5, 0.6) is 0 Å². The minimum atomic E-state index is -4.45. The maximum absolute atomic E-state index is 13.0. The molecule has 2 rings (SSSR count). The Kier molecular flexibility index (Phi) is 4.70. The van der Waals surface area contributed by atoms with E-state index in [0.717, 1.165) is 20.3 Å². The molecule has 0 amide bonds. The average molecular weight is 457 g/mol. The van der Waals surface area contributed by atoms with Crippen molar-refractivity contribution in [2.75, 3.05) is 0 Å². The summed E-state index contributed by atoms with van der Waals surface area (Å²) >= 11 is 5.35. The molecule has 106 valence electrons. The lowest BCUT2D eigenvalue weighted by Crippen LogP contribution is -2.19. The molecule has 1 aromatic heterocycles. The number of aromatic nitrogens is 1. The van der Waals surface area contributed by atoms with Gasteiger partial charge in [0.25, 0.3) is 0 Å². The summed E-state index contributed by atoms with van der Waals surface area (Å²) < 4.78 is 40.6. The number of hydrogen-bond acceptors (Lipinski definition) is 2. The van der Waals surface area contributed by atoms with Gasteiger partial charge in [0.2, 0.25) is 0 Å². The molecule has 2 aromatic rings. The lowest BCUT2D eigenvalue weighted by Gasteiger charge is -2.19. The smallest absolute Gasteiger partial charge is 0.320 e. The predicted molar refractivity (Wildman–Crippen MR) is 82.1 cm³/mol. The van der Waals surface area contributed by atoms with Crippen molar-refractivity contribution in [2.45, 2.75) is 12.2 Å². The van der Waals surface area contributed by atoms with Crippen molar-refractivity contribution in [3.8, 4) is 0 Å². The monoisotopic (exact) mass is 456 g/mol. The molecule has 1 unspecified atom stereocenters. The summed E-state index contributed by atoms with van der Waals surface area (Å²) in [5.41, 5.74) is 5.86. The van der Waals surface area contributed by atoms with Crippen molar-refractivity contribution in [1.82, 2.24) is 4.98 Å². The fourth-order valence-electron chi connectivity index (χ4n) is 1.83. The van der Waals surface area contributed by atoms with Crippen molar-refractivity contribution in [2.24, 2.45) is 5.73 Å². The molecule has 0 aliphatic rings. The SMILES string of the molecule is NC(c1cc(Br)ccc1I)c1cnccc1C(F)(F)F. The molecule has 0 saturated carbocycles. The number of nitrogens with zero attached hydrogens (tertiary/aromatic N) is 1. The second-order valence-corrected chi connectivity index (χ2v) is 6.18. The first-order valence-electron chi connectivity index (χ1n) is 5.52. The number of hydrogen-bond donors (Lipinski definition) is 1. The van der Waals surface area contributed by atoms with E-state index >= 15 is 0 Å². The normalized spacial score (nSPS) is 13.3. The van der Waals surface area contributed by atoms with Crippen molar-refractivity contribution in [1.29, 1.82) is 0 Å². The number of rotatable bonds is 2. The van der Waals surface area contributed by atoms with Crippen LogP contribution in [0.15, 0.2) is 41.1 Å². The summed E-state index contributed by atoms with van der Waals surface area (Å²) in [5, 5.41) is 0. The van der Waals surface area contributed by atoms with Crippen LogP contribution in [0.2, 0.25) is 0 Å². The third kappa shape index (κ3) is 3.32. The molecule has 0 aliphatic heterocycles. The Morgan fingerprint density at radius 2 is 1.90 bits per heavy atom. The molecular weight excluding hydrogens is 448 g/mol. The topological polar surface area (TPSA) is 38.9 Å². The maximum atomic E-state index is 13.0. The van der Waals surface area contributed by atoms with Gasteiger partial charge >= 0.3 is 6.18 Å². The largest absolute Gasteiger partial charge is 0.416 e. The van der Waals surface area contributed by atoms with E-state index in [9.17, 15) is 13.2 Å². The van der Waals surface area contributed by atoms with E-state index < -0.39 is 17.8 Å². The van der Waals surface area contributed by atoms with Gasteiger partial charge in [-0.15, -0.1) is 0 Å². The number of pyridine rings is 1. The van der Waals surface area contributed by atoms with E-state index in [4.69, 9.17) is 5.73 Å². The first kappa shape index (κ1) is 15.7. The maximum Gasteiger partial charge on any atom is 0.416 e. The molecule has 0 fully saturated rings. The van der Waals surface area contributed by atoms with Gasteiger partial charge in [-0.2, -0.15) is 13.2 Å². The Morgan fingerprint density at radius 3 is 2.55 bits per heavy atom. The standard InChI is InChI=1S/C13H9BrF3IN2/c14-7-1-2-11(18)8(5-7)12(19)9-6-20-4-3-10(9)13(15,16)17/h1-6,12H,19H2. The van der Waals surface area contributed by atoms with Crippen LogP contribution in [-0.4, -0.2) is 4.98 Å². The van der Waals surface area contributed by atoms with E-state index in [1.807, 2.05) is 28.7 Å². The number of nitrogens with two attached hydrogens (primary N) is 1. The molecule has 20 heavy (non-hydrogen) atoms.